The second-order valence-corrected chi connectivity index (χ2v) is 5.50. The van der Waals surface area contributed by atoms with Crippen LogP contribution in [0, 0.1) is 5.92 Å². The minimum Gasteiger partial charge on any atom is -0.162 e. The lowest BCUT2D eigenvalue weighted by Crippen LogP contribution is -1.91. The van der Waals surface area contributed by atoms with Crippen LogP contribution in [0.4, 0.5) is 0 Å². The van der Waals surface area contributed by atoms with Crippen LogP contribution in [0.1, 0.15) is 46.0 Å². The van der Waals surface area contributed by atoms with Crippen LogP contribution in [0.2, 0.25) is 0 Å². The van der Waals surface area contributed by atoms with Gasteiger partial charge in [-0.05, 0) is 36.7 Å². The van der Waals surface area contributed by atoms with Gasteiger partial charge in [0.05, 0.1) is 0 Å². The van der Waals surface area contributed by atoms with E-state index in [0.717, 1.165) is 11.8 Å². The van der Waals surface area contributed by atoms with E-state index in [1.54, 1.807) is 0 Å². The number of rotatable bonds is 9. The van der Waals surface area contributed by atoms with Crippen molar-refractivity contribution in [1.82, 2.24) is 0 Å². The summed E-state index contributed by atoms with van der Waals surface area (Å²) in [5.41, 5.74) is 0. The Balaban J connectivity index is 2.84. The average molecular weight is 223 g/mol. The number of unbranched alkanes of at least 4 members (excludes halogenated alkanes) is 3. The monoisotopic (exact) mass is 222 g/mol. The molecule has 0 spiro atoms. The molecule has 0 aromatic carbocycles. The predicted octanol–water partition coefficient (Wildman–Crippen LogP) is 4.56. The Morgan fingerprint density at radius 3 is 2.31 bits per heavy atom. The summed E-state index contributed by atoms with van der Waals surface area (Å²) in [5, 5.41) is 0. The number of thioether (sulfide) groups is 1. The van der Waals surface area contributed by atoms with Gasteiger partial charge in [0.1, 0.15) is 0 Å². The van der Waals surface area contributed by atoms with Gasteiger partial charge < -0.3 is 0 Å². The van der Waals surface area contributed by atoms with Gasteiger partial charge >= 0.3 is 0 Å². The molecule has 0 amide bonds. The normalized spacial score (nSPS) is 11.1. The summed E-state index contributed by atoms with van der Waals surface area (Å²) < 4.78 is 0. The first-order valence-electron chi connectivity index (χ1n) is 5.41. The van der Waals surface area contributed by atoms with E-state index >= 15 is 0 Å². The van der Waals surface area contributed by atoms with Crippen molar-refractivity contribution in [3.63, 3.8) is 0 Å². The molecule has 0 heterocycles. The first kappa shape index (κ1) is 13.6. The molecule has 0 nitrogen and oxygen atoms in total. The van der Waals surface area contributed by atoms with Gasteiger partial charge in [-0.2, -0.15) is 11.8 Å². The molecule has 13 heavy (non-hydrogen) atoms. The Hall–Kier alpha value is 0.640. The van der Waals surface area contributed by atoms with Crippen LogP contribution in [0.5, 0.6) is 0 Å². The van der Waals surface area contributed by atoms with Gasteiger partial charge in [-0.25, -0.2) is 0 Å². The van der Waals surface area contributed by atoms with E-state index in [1.165, 1.54) is 43.6 Å². The summed E-state index contributed by atoms with van der Waals surface area (Å²) >= 11 is 7.70. The van der Waals surface area contributed by atoms with Crippen LogP contribution in [0.25, 0.3) is 0 Å². The zero-order chi connectivity index (χ0) is 9.94. The molecule has 0 radical (unpaired) electrons. The summed E-state index contributed by atoms with van der Waals surface area (Å²) in [6.45, 7) is 4.59. The number of alkyl halides is 1. The fourth-order valence-corrected chi connectivity index (χ4v) is 2.51. The van der Waals surface area contributed by atoms with E-state index < -0.39 is 0 Å². The number of hydrogen-bond acceptors (Lipinski definition) is 1. The second kappa shape index (κ2) is 10.7. The molecule has 0 saturated carbocycles. The largest absolute Gasteiger partial charge is 0.162 e. The van der Waals surface area contributed by atoms with Crippen molar-refractivity contribution in [2.45, 2.75) is 46.0 Å². The lowest BCUT2D eigenvalue weighted by molar-refractivity contribution is 0.631. The van der Waals surface area contributed by atoms with Crippen LogP contribution in [-0.2, 0) is 0 Å². The smallest absolute Gasteiger partial charge is 0.0223 e. The third-order valence-corrected chi connectivity index (χ3v) is 3.38. The van der Waals surface area contributed by atoms with Crippen LogP contribution in [-0.4, -0.2) is 17.4 Å². The van der Waals surface area contributed by atoms with Crippen molar-refractivity contribution < 1.29 is 0 Å². The third kappa shape index (κ3) is 12.6. The molecule has 0 rings (SSSR count). The van der Waals surface area contributed by atoms with Gasteiger partial charge in [0.25, 0.3) is 0 Å². The molecule has 0 fully saturated rings. The fraction of sp³-hybridized carbons (Fsp3) is 1.00. The lowest BCUT2D eigenvalue weighted by atomic mass is 10.2. The molecule has 0 aromatic heterocycles. The Kier molecular flexibility index (Phi) is 11.2. The lowest BCUT2D eigenvalue weighted by Gasteiger charge is -2.03. The van der Waals surface area contributed by atoms with Crippen molar-refractivity contribution in [3.8, 4) is 0 Å². The van der Waals surface area contributed by atoms with E-state index in [9.17, 15) is 0 Å². The SMILES string of the molecule is CC(C)CCSCCCCCCCl. The van der Waals surface area contributed by atoms with E-state index in [0.29, 0.717) is 0 Å². The van der Waals surface area contributed by atoms with Gasteiger partial charge in [0, 0.05) is 5.88 Å². The van der Waals surface area contributed by atoms with E-state index in [4.69, 9.17) is 11.6 Å². The second-order valence-electron chi connectivity index (χ2n) is 3.90. The minimum atomic E-state index is 0.834. The first-order chi connectivity index (χ1) is 6.27. The summed E-state index contributed by atoms with van der Waals surface area (Å²) in [5.74, 6) is 4.38. The van der Waals surface area contributed by atoms with E-state index in [1.807, 2.05) is 0 Å². The quantitative estimate of drug-likeness (QED) is 0.407. The molecule has 0 atom stereocenters. The molecule has 0 saturated heterocycles. The topological polar surface area (TPSA) is 0 Å². The van der Waals surface area contributed by atoms with Gasteiger partial charge in [-0.15, -0.1) is 11.6 Å². The van der Waals surface area contributed by atoms with Gasteiger partial charge in [0.15, 0.2) is 0 Å². The fourth-order valence-electron chi connectivity index (χ4n) is 1.07. The van der Waals surface area contributed by atoms with E-state index in [2.05, 4.69) is 25.6 Å². The average Bonchev–Trinajstić information content (AvgIpc) is 2.09. The molecule has 0 aromatic rings. The highest BCUT2D eigenvalue weighted by atomic mass is 35.5. The molecular formula is C11H23ClS. The Morgan fingerprint density at radius 1 is 1.00 bits per heavy atom. The van der Waals surface area contributed by atoms with Gasteiger partial charge in [-0.3, -0.25) is 0 Å². The number of halogens is 1. The summed E-state index contributed by atoms with van der Waals surface area (Å²) in [6, 6.07) is 0. The molecular weight excluding hydrogens is 200 g/mol. The highest BCUT2D eigenvalue weighted by Crippen LogP contribution is 2.12. The van der Waals surface area contributed by atoms with Crippen LogP contribution in [0.15, 0.2) is 0 Å². The summed E-state index contributed by atoms with van der Waals surface area (Å²) in [6.07, 6.45) is 6.61. The molecule has 0 aliphatic heterocycles. The molecule has 0 aliphatic carbocycles. The Labute approximate surface area is 92.8 Å². The summed E-state index contributed by atoms with van der Waals surface area (Å²) in [4.78, 5) is 0. The molecule has 0 unspecified atom stereocenters. The standard InChI is InChI=1S/C11H23ClS/c1-11(2)7-10-13-9-6-4-3-5-8-12/h11H,3-10H2,1-2H3. The maximum absolute atomic E-state index is 5.59. The zero-order valence-corrected chi connectivity index (χ0v) is 10.6. The predicted molar refractivity (Wildman–Crippen MR) is 66.0 cm³/mol. The molecule has 0 aliphatic rings. The first-order valence-corrected chi connectivity index (χ1v) is 7.10. The van der Waals surface area contributed by atoms with Crippen LogP contribution in [0.3, 0.4) is 0 Å². The third-order valence-electron chi connectivity index (χ3n) is 2.01. The minimum absolute atomic E-state index is 0.834. The molecule has 0 N–H and O–H groups in total. The number of hydrogen-bond donors (Lipinski definition) is 0. The highest BCUT2D eigenvalue weighted by molar-refractivity contribution is 7.99. The van der Waals surface area contributed by atoms with Crippen molar-refractivity contribution in [2.24, 2.45) is 5.92 Å². The maximum atomic E-state index is 5.59. The Morgan fingerprint density at radius 2 is 1.69 bits per heavy atom. The molecule has 80 valence electrons. The maximum Gasteiger partial charge on any atom is 0.0223 e. The molecule has 2 heteroatoms. The van der Waals surface area contributed by atoms with Crippen molar-refractivity contribution in [3.05, 3.63) is 0 Å². The highest BCUT2D eigenvalue weighted by Gasteiger charge is 1.94. The van der Waals surface area contributed by atoms with Gasteiger partial charge in [0.2, 0.25) is 0 Å². The van der Waals surface area contributed by atoms with Crippen LogP contribution < -0.4 is 0 Å². The Bertz CT molecular complexity index is 94.1. The van der Waals surface area contributed by atoms with Crippen molar-refractivity contribution in [2.75, 3.05) is 17.4 Å². The van der Waals surface area contributed by atoms with Crippen LogP contribution >= 0.6 is 23.4 Å². The molecule has 0 bridgehead atoms. The van der Waals surface area contributed by atoms with Crippen molar-refractivity contribution in [1.29, 1.82) is 0 Å². The van der Waals surface area contributed by atoms with Crippen molar-refractivity contribution >= 4 is 23.4 Å². The zero-order valence-electron chi connectivity index (χ0n) is 9.02. The summed E-state index contributed by atoms with van der Waals surface area (Å²) in [7, 11) is 0. The van der Waals surface area contributed by atoms with Gasteiger partial charge in [-0.1, -0.05) is 26.7 Å². The van der Waals surface area contributed by atoms with E-state index in [-0.39, 0.29) is 0 Å².